The second kappa shape index (κ2) is 6.49. The van der Waals surface area contributed by atoms with Crippen molar-refractivity contribution in [2.75, 3.05) is 18.4 Å². The number of aromatic nitrogens is 4. The number of aryl methyl sites for hydroxylation is 3. The maximum absolute atomic E-state index is 12.2. The van der Waals surface area contributed by atoms with E-state index < -0.39 is 0 Å². The van der Waals surface area contributed by atoms with Crippen molar-refractivity contribution in [2.45, 2.75) is 46.2 Å². The lowest BCUT2D eigenvalue weighted by atomic mass is 10.2. The van der Waals surface area contributed by atoms with E-state index in [-0.39, 0.29) is 5.91 Å². The van der Waals surface area contributed by atoms with Gasteiger partial charge in [0.15, 0.2) is 5.82 Å². The number of hydrogen-bond donors (Lipinski definition) is 1. The van der Waals surface area contributed by atoms with Gasteiger partial charge in [-0.15, -0.1) is 0 Å². The maximum Gasteiger partial charge on any atom is 0.239 e. The molecule has 0 aromatic carbocycles. The zero-order chi connectivity index (χ0) is 16.4. The van der Waals surface area contributed by atoms with Crippen LogP contribution in [0.1, 0.15) is 30.3 Å². The molecule has 1 amide bonds. The highest BCUT2D eigenvalue weighted by molar-refractivity contribution is 5.91. The van der Waals surface area contributed by atoms with Crippen molar-refractivity contribution in [3.8, 4) is 0 Å². The second-order valence-electron chi connectivity index (χ2n) is 6.03. The molecule has 1 saturated heterocycles. The normalized spacial score (nSPS) is 18.5. The number of carbonyl (C=O) groups is 1. The first kappa shape index (κ1) is 15.7. The van der Waals surface area contributed by atoms with Crippen molar-refractivity contribution in [3.05, 3.63) is 23.5 Å². The minimum Gasteiger partial charge on any atom is -0.360 e. The van der Waals surface area contributed by atoms with Crippen LogP contribution in [0.3, 0.4) is 0 Å². The number of nitrogens with zero attached hydrogens (tertiary/aromatic N) is 5. The van der Waals surface area contributed by atoms with Crippen LogP contribution in [0.25, 0.3) is 0 Å². The van der Waals surface area contributed by atoms with Gasteiger partial charge in [0.1, 0.15) is 17.4 Å². The molecule has 2 aromatic rings. The minimum atomic E-state index is -0.0725. The van der Waals surface area contributed by atoms with Crippen LogP contribution in [0.5, 0.6) is 0 Å². The number of carbonyl (C=O) groups excluding carboxylic acids is 1. The Morgan fingerprint density at radius 1 is 1.43 bits per heavy atom. The lowest BCUT2D eigenvalue weighted by Crippen LogP contribution is -2.39. The fourth-order valence-electron chi connectivity index (χ4n) is 3.04. The van der Waals surface area contributed by atoms with Gasteiger partial charge in [-0.25, -0.2) is 9.67 Å². The molecule has 23 heavy (non-hydrogen) atoms. The monoisotopic (exact) mass is 318 g/mol. The summed E-state index contributed by atoms with van der Waals surface area (Å²) in [6.45, 7) is 7.68. The van der Waals surface area contributed by atoms with E-state index >= 15 is 0 Å². The van der Waals surface area contributed by atoms with E-state index in [1.165, 1.54) is 0 Å². The number of nitrogens with one attached hydrogen (secondary N) is 1. The van der Waals surface area contributed by atoms with Gasteiger partial charge in [-0.2, -0.15) is 5.10 Å². The Morgan fingerprint density at radius 2 is 2.26 bits per heavy atom. The van der Waals surface area contributed by atoms with E-state index in [0.29, 0.717) is 24.2 Å². The average Bonchev–Trinajstić information content (AvgIpc) is 3.15. The predicted molar refractivity (Wildman–Crippen MR) is 84.0 cm³/mol. The van der Waals surface area contributed by atoms with Crippen LogP contribution in [0.2, 0.25) is 0 Å². The highest BCUT2D eigenvalue weighted by Crippen LogP contribution is 2.19. The van der Waals surface area contributed by atoms with Gasteiger partial charge in [-0.05, 0) is 40.2 Å². The number of amides is 1. The number of rotatable bonds is 5. The molecular formula is C15H22N6O2. The zero-order valence-electron chi connectivity index (χ0n) is 13.7. The predicted octanol–water partition coefficient (Wildman–Crippen LogP) is 1.29. The third kappa shape index (κ3) is 3.76. The molecule has 8 nitrogen and oxygen atoms in total. The van der Waals surface area contributed by atoms with Crippen molar-refractivity contribution < 1.29 is 9.32 Å². The molecule has 3 rings (SSSR count). The van der Waals surface area contributed by atoms with E-state index in [0.717, 1.165) is 37.6 Å². The molecule has 1 aliphatic heterocycles. The van der Waals surface area contributed by atoms with Gasteiger partial charge < -0.3 is 9.84 Å². The quantitative estimate of drug-likeness (QED) is 0.893. The number of hydrogen-bond acceptors (Lipinski definition) is 6. The molecule has 0 bridgehead atoms. The molecule has 0 unspecified atom stereocenters. The second-order valence-corrected chi connectivity index (χ2v) is 6.03. The Hall–Kier alpha value is -2.22. The molecule has 0 aliphatic carbocycles. The lowest BCUT2D eigenvalue weighted by Gasteiger charge is -2.23. The Bertz CT molecular complexity index is 692. The Morgan fingerprint density at radius 3 is 2.91 bits per heavy atom. The molecule has 0 saturated carbocycles. The molecule has 1 aliphatic rings. The molecule has 8 heteroatoms. The standard InChI is InChI=1S/C15H22N6O2/c1-10-7-14(19-23-10)17-15(22)9-20-6-4-5-13(20)8-21-12(3)16-11(2)18-21/h7,13H,4-6,8-9H2,1-3H3,(H,17,19,22)/t13-/m1/s1. The summed E-state index contributed by atoms with van der Waals surface area (Å²) >= 11 is 0. The van der Waals surface area contributed by atoms with Crippen molar-refractivity contribution >= 4 is 11.7 Å². The molecule has 1 fully saturated rings. The Kier molecular flexibility index (Phi) is 4.42. The minimum absolute atomic E-state index is 0.0725. The first-order valence-electron chi connectivity index (χ1n) is 7.86. The highest BCUT2D eigenvalue weighted by Gasteiger charge is 2.27. The maximum atomic E-state index is 12.2. The molecule has 124 valence electrons. The van der Waals surface area contributed by atoms with Crippen molar-refractivity contribution in [3.63, 3.8) is 0 Å². The molecule has 3 heterocycles. The van der Waals surface area contributed by atoms with Crippen molar-refractivity contribution in [1.29, 1.82) is 0 Å². The van der Waals surface area contributed by atoms with Gasteiger partial charge in [-0.1, -0.05) is 5.16 Å². The molecule has 0 spiro atoms. The SMILES string of the molecule is Cc1nc(C)n(C[C@H]2CCCN2CC(=O)Nc2cc(C)on2)n1. The van der Waals surface area contributed by atoms with Crippen molar-refractivity contribution in [2.24, 2.45) is 0 Å². The van der Waals surface area contributed by atoms with E-state index in [1.807, 2.05) is 18.5 Å². The molecular weight excluding hydrogens is 296 g/mol. The van der Waals surface area contributed by atoms with Crippen LogP contribution >= 0.6 is 0 Å². The van der Waals surface area contributed by atoms with Crippen LogP contribution in [0, 0.1) is 20.8 Å². The van der Waals surface area contributed by atoms with E-state index in [9.17, 15) is 4.79 Å². The summed E-state index contributed by atoms with van der Waals surface area (Å²) in [5.74, 6) is 2.77. The molecule has 1 atom stereocenters. The summed E-state index contributed by atoms with van der Waals surface area (Å²) in [6, 6.07) is 2.01. The Labute approximate surface area is 134 Å². The van der Waals surface area contributed by atoms with Gasteiger partial charge in [0.05, 0.1) is 13.1 Å². The summed E-state index contributed by atoms with van der Waals surface area (Å²) in [7, 11) is 0. The molecule has 1 N–H and O–H groups in total. The summed E-state index contributed by atoms with van der Waals surface area (Å²) in [5.41, 5.74) is 0. The van der Waals surface area contributed by atoms with Gasteiger partial charge in [-0.3, -0.25) is 9.69 Å². The third-order valence-corrected chi connectivity index (χ3v) is 4.09. The third-order valence-electron chi connectivity index (χ3n) is 4.09. The largest absolute Gasteiger partial charge is 0.360 e. The van der Waals surface area contributed by atoms with Gasteiger partial charge in [0, 0.05) is 12.1 Å². The fourth-order valence-corrected chi connectivity index (χ4v) is 3.04. The first-order chi connectivity index (χ1) is 11.0. The van der Waals surface area contributed by atoms with E-state index in [1.54, 1.807) is 13.0 Å². The van der Waals surface area contributed by atoms with Gasteiger partial charge in [0.2, 0.25) is 5.91 Å². The summed E-state index contributed by atoms with van der Waals surface area (Å²) in [5, 5.41) is 11.0. The summed E-state index contributed by atoms with van der Waals surface area (Å²) in [4.78, 5) is 18.7. The van der Waals surface area contributed by atoms with Crippen LogP contribution < -0.4 is 5.32 Å². The van der Waals surface area contributed by atoms with Crippen molar-refractivity contribution in [1.82, 2.24) is 24.8 Å². The fraction of sp³-hybridized carbons (Fsp3) is 0.600. The van der Waals surface area contributed by atoms with Crippen LogP contribution in [0.4, 0.5) is 5.82 Å². The van der Waals surface area contributed by atoms with Crippen LogP contribution in [0.15, 0.2) is 10.6 Å². The van der Waals surface area contributed by atoms with Gasteiger partial charge in [0.25, 0.3) is 0 Å². The van der Waals surface area contributed by atoms with Crippen LogP contribution in [-0.2, 0) is 11.3 Å². The topological polar surface area (TPSA) is 89.1 Å². The van der Waals surface area contributed by atoms with Crippen LogP contribution in [-0.4, -0.2) is 49.9 Å². The lowest BCUT2D eigenvalue weighted by molar-refractivity contribution is -0.117. The highest BCUT2D eigenvalue weighted by atomic mass is 16.5. The zero-order valence-corrected chi connectivity index (χ0v) is 13.7. The molecule has 2 aromatic heterocycles. The smallest absolute Gasteiger partial charge is 0.239 e. The number of likely N-dealkylation sites (tertiary alicyclic amines) is 1. The Balaban J connectivity index is 1.58. The van der Waals surface area contributed by atoms with E-state index in [4.69, 9.17) is 4.52 Å². The molecule has 0 radical (unpaired) electrons. The summed E-state index contributed by atoms with van der Waals surface area (Å²) < 4.78 is 6.88. The number of anilines is 1. The first-order valence-corrected chi connectivity index (χ1v) is 7.86. The van der Waals surface area contributed by atoms with Gasteiger partial charge >= 0.3 is 0 Å². The average molecular weight is 318 g/mol. The summed E-state index contributed by atoms with van der Waals surface area (Å²) in [6.07, 6.45) is 2.16. The van der Waals surface area contributed by atoms with E-state index in [2.05, 4.69) is 25.5 Å².